The van der Waals surface area contributed by atoms with E-state index in [0.29, 0.717) is 47.2 Å². The molecule has 4 aromatic rings. The first kappa shape index (κ1) is 33.0. The number of methoxy groups -OCH3 is 1. The molecule has 49 heavy (non-hydrogen) atoms. The summed E-state index contributed by atoms with van der Waals surface area (Å²) in [6, 6.07) is 11.7. The van der Waals surface area contributed by atoms with Crippen molar-refractivity contribution in [3.63, 3.8) is 0 Å². The standard InChI is InChI=1S/C36H44N8O4S/c1-36(2)34(46)42-14-7-9-21-49-20-8-5-6-15-43-33(45)27-24-37-35(39-32(27)44(43)26-11-13-30(48-36)29(42)23-26)38-25-10-12-28(31(22-25)47-4)41-18-16-40(3)17-19-41/h5-6,10-13,22-24H,7-9,14-21H2,1-4H3,(H,37,38,39)/b6-5-. The first-order chi connectivity index (χ1) is 23.7. The van der Waals surface area contributed by atoms with Crippen LogP contribution >= 0.6 is 11.8 Å². The highest BCUT2D eigenvalue weighted by Gasteiger charge is 2.41. The molecule has 13 heteroatoms. The fraction of sp³-hybridized carbons (Fsp3) is 0.444. The number of thioether (sulfide) groups is 1. The van der Waals surface area contributed by atoms with Crippen molar-refractivity contribution >= 4 is 51.7 Å². The van der Waals surface area contributed by atoms with E-state index in [4.69, 9.17) is 14.5 Å². The van der Waals surface area contributed by atoms with Crippen LogP contribution < -0.4 is 30.1 Å². The zero-order valence-corrected chi connectivity index (χ0v) is 29.5. The number of hydrogen-bond donors (Lipinski definition) is 1. The summed E-state index contributed by atoms with van der Waals surface area (Å²) in [6.07, 6.45) is 8.57. The Morgan fingerprint density at radius 2 is 1.80 bits per heavy atom. The number of allylic oxidation sites excluding steroid dienone is 2. The molecule has 258 valence electrons. The third kappa shape index (κ3) is 6.61. The highest BCUT2D eigenvalue weighted by atomic mass is 32.2. The van der Waals surface area contributed by atoms with Crippen LogP contribution in [-0.2, 0) is 11.3 Å². The minimum absolute atomic E-state index is 0.0773. The molecule has 1 amide bonds. The van der Waals surface area contributed by atoms with Gasteiger partial charge in [0.2, 0.25) is 5.95 Å². The summed E-state index contributed by atoms with van der Waals surface area (Å²) in [7, 11) is 3.82. The van der Waals surface area contributed by atoms with E-state index in [1.807, 2.05) is 71.6 Å². The molecule has 0 aliphatic carbocycles. The number of nitrogens with zero attached hydrogens (tertiary/aromatic N) is 7. The Bertz CT molecular complexity index is 1950. The monoisotopic (exact) mass is 684 g/mol. The van der Waals surface area contributed by atoms with Crippen molar-refractivity contribution < 1.29 is 14.3 Å². The summed E-state index contributed by atoms with van der Waals surface area (Å²) >= 11 is 1.91. The van der Waals surface area contributed by atoms with Gasteiger partial charge in [-0.25, -0.2) is 14.3 Å². The van der Waals surface area contributed by atoms with E-state index in [1.165, 1.54) is 0 Å². The molecule has 0 spiro atoms. The van der Waals surface area contributed by atoms with Gasteiger partial charge in [-0.3, -0.25) is 9.59 Å². The number of ether oxygens (including phenoxy) is 2. The number of carbonyl (C=O) groups excluding carboxylic acids is 1. The number of piperazine rings is 1. The number of amides is 1. The number of fused-ring (bicyclic) bond motifs is 5. The zero-order valence-electron chi connectivity index (χ0n) is 28.6. The van der Waals surface area contributed by atoms with Crippen LogP contribution in [0.15, 0.2) is 59.5 Å². The summed E-state index contributed by atoms with van der Waals surface area (Å²) < 4.78 is 15.5. The molecular formula is C36H44N8O4S. The largest absolute Gasteiger partial charge is 0.495 e. The topological polar surface area (TPSA) is 110 Å². The molecule has 3 aliphatic rings. The number of benzene rings is 2. The van der Waals surface area contributed by atoms with E-state index in [1.54, 1.807) is 18.0 Å². The van der Waals surface area contributed by atoms with Gasteiger partial charge >= 0.3 is 0 Å². The Kier molecular flexibility index (Phi) is 9.29. The number of nitrogens with one attached hydrogen (secondary N) is 1. The molecule has 12 nitrogen and oxygen atoms in total. The molecule has 2 aromatic carbocycles. The van der Waals surface area contributed by atoms with Gasteiger partial charge in [-0.1, -0.05) is 12.2 Å². The summed E-state index contributed by atoms with van der Waals surface area (Å²) in [5.74, 6) is 3.72. The van der Waals surface area contributed by atoms with Crippen LogP contribution in [-0.4, -0.2) is 94.1 Å². The van der Waals surface area contributed by atoms with Gasteiger partial charge in [-0.2, -0.15) is 16.7 Å². The normalized spacial score (nSPS) is 19.3. The number of rotatable bonds is 4. The predicted octanol–water partition coefficient (Wildman–Crippen LogP) is 5.06. The average molecular weight is 685 g/mol. The summed E-state index contributed by atoms with van der Waals surface area (Å²) in [5, 5.41) is 3.74. The Labute approximate surface area is 290 Å². The molecule has 3 aliphatic heterocycles. The smallest absolute Gasteiger partial charge is 0.278 e. The summed E-state index contributed by atoms with van der Waals surface area (Å²) in [6.45, 7) is 8.43. The van der Waals surface area contributed by atoms with Gasteiger partial charge in [0, 0.05) is 50.7 Å². The minimum atomic E-state index is -0.976. The van der Waals surface area contributed by atoms with Gasteiger partial charge in [0.05, 0.1) is 30.7 Å². The van der Waals surface area contributed by atoms with Gasteiger partial charge in [0.25, 0.3) is 11.5 Å². The van der Waals surface area contributed by atoms with E-state index in [9.17, 15) is 9.59 Å². The van der Waals surface area contributed by atoms with Gasteiger partial charge < -0.3 is 29.5 Å². The number of aromatic nitrogens is 4. The second kappa shape index (κ2) is 13.8. The number of anilines is 4. The van der Waals surface area contributed by atoms with Crippen molar-refractivity contribution in [2.24, 2.45) is 0 Å². The molecule has 7 rings (SSSR count). The zero-order chi connectivity index (χ0) is 34.1. The van der Waals surface area contributed by atoms with Gasteiger partial charge in [-0.15, -0.1) is 0 Å². The van der Waals surface area contributed by atoms with Crippen LogP contribution in [0.5, 0.6) is 11.5 Å². The summed E-state index contributed by atoms with van der Waals surface area (Å²) in [5.41, 5.74) is 2.51. The molecule has 2 bridgehead atoms. The quantitative estimate of drug-likeness (QED) is 0.293. The maximum atomic E-state index is 13.9. The Balaban J connectivity index is 1.29. The highest BCUT2D eigenvalue weighted by Crippen LogP contribution is 2.40. The van der Waals surface area contributed by atoms with Gasteiger partial charge in [-0.05, 0) is 82.0 Å². The molecule has 0 atom stereocenters. The van der Waals surface area contributed by atoms with Crippen molar-refractivity contribution in [1.82, 2.24) is 24.2 Å². The molecule has 0 unspecified atom stereocenters. The first-order valence-electron chi connectivity index (χ1n) is 17.0. The van der Waals surface area contributed by atoms with Crippen molar-refractivity contribution in [1.29, 1.82) is 0 Å². The van der Waals surface area contributed by atoms with Crippen LogP contribution in [0, 0.1) is 0 Å². The third-order valence-electron chi connectivity index (χ3n) is 9.35. The fourth-order valence-electron chi connectivity index (χ4n) is 6.64. The van der Waals surface area contributed by atoms with E-state index in [2.05, 4.69) is 39.3 Å². The van der Waals surface area contributed by atoms with E-state index < -0.39 is 5.60 Å². The van der Waals surface area contributed by atoms with E-state index in [0.717, 1.165) is 74.1 Å². The van der Waals surface area contributed by atoms with Crippen LogP contribution in [0.25, 0.3) is 16.7 Å². The second-order valence-corrected chi connectivity index (χ2v) is 14.5. The van der Waals surface area contributed by atoms with E-state index in [-0.39, 0.29) is 11.5 Å². The number of carbonyl (C=O) groups is 1. The van der Waals surface area contributed by atoms with E-state index >= 15 is 0 Å². The molecule has 1 N–H and O–H groups in total. The highest BCUT2D eigenvalue weighted by molar-refractivity contribution is 7.99. The van der Waals surface area contributed by atoms with Crippen molar-refractivity contribution in [2.75, 3.05) is 73.5 Å². The fourth-order valence-corrected chi connectivity index (χ4v) is 7.55. The van der Waals surface area contributed by atoms with Gasteiger partial charge in [0.1, 0.15) is 16.9 Å². The lowest BCUT2D eigenvalue weighted by Crippen LogP contribution is -2.52. The van der Waals surface area contributed by atoms with Gasteiger partial charge in [0.15, 0.2) is 11.2 Å². The minimum Gasteiger partial charge on any atom is -0.495 e. The van der Waals surface area contributed by atoms with Crippen LogP contribution in [0.2, 0.25) is 0 Å². The maximum absolute atomic E-state index is 13.9. The molecule has 5 heterocycles. The third-order valence-corrected chi connectivity index (χ3v) is 10.5. The van der Waals surface area contributed by atoms with Crippen molar-refractivity contribution in [2.45, 2.75) is 45.3 Å². The van der Waals surface area contributed by atoms with Crippen LogP contribution in [0.4, 0.5) is 23.0 Å². The van der Waals surface area contributed by atoms with Crippen molar-refractivity contribution in [3.8, 4) is 17.2 Å². The first-order valence-corrected chi connectivity index (χ1v) is 18.1. The summed E-state index contributed by atoms with van der Waals surface area (Å²) in [4.78, 5) is 43.5. The maximum Gasteiger partial charge on any atom is 0.278 e. The SMILES string of the molecule is COc1cc(Nc2ncc3c(=O)n4n(c3n2)-c2ccc3c(c2)N(CCCCSCC/C=C\C4)C(=O)C(C)(C)O3)ccc1N1CCN(C)CC1. The average Bonchev–Trinajstić information content (AvgIpc) is 3.36. The Morgan fingerprint density at radius 1 is 0.959 bits per heavy atom. The molecule has 1 fully saturated rings. The Morgan fingerprint density at radius 3 is 2.61 bits per heavy atom. The molecular weight excluding hydrogens is 641 g/mol. The molecule has 1 saturated heterocycles. The molecule has 0 radical (unpaired) electrons. The Hall–Kier alpha value is -4.49. The lowest BCUT2D eigenvalue weighted by molar-refractivity contribution is -0.132. The number of hydrogen-bond acceptors (Lipinski definition) is 10. The second-order valence-electron chi connectivity index (χ2n) is 13.2. The van der Waals surface area contributed by atoms with Crippen LogP contribution in [0.3, 0.4) is 0 Å². The lowest BCUT2D eigenvalue weighted by atomic mass is 10.0. The van der Waals surface area contributed by atoms with Crippen LogP contribution in [0.1, 0.15) is 33.1 Å². The predicted molar refractivity (Wildman–Crippen MR) is 196 cm³/mol. The molecule has 0 saturated carbocycles. The molecule has 2 aromatic heterocycles. The number of likely N-dealkylation sites (N-methyl/N-ethyl adjacent to an activating group) is 1. The lowest BCUT2D eigenvalue weighted by Gasteiger charge is -2.39. The van der Waals surface area contributed by atoms with Crippen molar-refractivity contribution in [3.05, 3.63) is 65.1 Å².